The van der Waals surface area contributed by atoms with Gasteiger partial charge in [0.15, 0.2) is 0 Å². The van der Waals surface area contributed by atoms with Gasteiger partial charge in [-0.3, -0.25) is 4.79 Å². The van der Waals surface area contributed by atoms with Crippen LogP contribution in [0.15, 0.2) is 18.2 Å². The van der Waals surface area contributed by atoms with Crippen molar-refractivity contribution >= 4 is 43.0 Å². The molecule has 0 radical (unpaired) electrons. The Bertz CT molecular complexity index is 771. The second kappa shape index (κ2) is 5.35. The molecule has 0 saturated carbocycles. The lowest BCUT2D eigenvalue weighted by atomic mass is 10.2. The second-order valence-electron chi connectivity index (χ2n) is 4.08. The van der Waals surface area contributed by atoms with E-state index >= 15 is 0 Å². The van der Waals surface area contributed by atoms with Crippen molar-refractivity contribution in [3.05, 3.63) is 28.9 Å². The first-order valence-electron chi connectivity index (χ1n) is 5.55. The highest BCUT2D eigenvalue weighted by Crippen LogP contribution is 2.35. The first-order chi connectivity index (χ1) is 9.29. The summed E-state index contributed by atoms with van der Waals surface area (Å²) >= 11 is 1.05. The first kappa shape index (κ1) is 14.7. The van der Waals surface area contributed by atoms with Gasteiger partial charge in [0.1, 0.15) is 10.7 Å². The summed E-state index contributed by atoms with van der Waals surface area (Å²) in [6, 6.07) is 4.44. The fourth-order valence-corrected chi connectivity index (χ4v) is 3.12. The number of rotatable bonds is 4. The summed E-state index contributed by atoms with van der Waals surface area (Å²) < 4.78 is 35.7. The van der Waals surface area contributed by atoms with Gasteiger partial charge in [-0.1, -0.05) is 6.07 Å². The zero-order chi connectivity index (χ0) is 14.9. The highest BCUT2D eigenvalue weighted by Gasteiger charge is 2.18. The molecule has 2 aromatic rings. The van der Waals surface area contributed by atoms with Gasteiger partial charge in [0, 0.05) is 11.2 Å². The van der Waals surface area contributed by atoms with Crippen LogP contribution in [-0.4, -0.2) is 26.6 Å². The van der Waals surface area contributed by atoms with Crippen LogP contribution in [0.1, 0.15) is 9.67 Å². The minimum atomic E-state index is -3.65. The van der Waals surface area contributed by atoms with Gasteiger partial charge in [0.05, 0.1) is 16.8 Å². The number of fused-ring (bicyclic) bond motifs is 1. The molecule has 6 nitrogen and oxygen atoms in total. The van der Waals surface area contributed by atoms with E-state index in [4.69, 9.17) is 10.9 Å². The molecule has 0 saturated heterocycles. The summed E-state index contributed by atoms with van der Waals surface area (Å²) in [5.74, 6) is -1.43. The number of thiophene rings is 1. The lowest BCUT2D eigenvalue weighted by Crippen LogP contribution is -2.31. The Morgan fingerprint density at radius 1 is 1.40 bits per heavy atom. The van der Waals surface area contributed by atoms with Gasteiger partial charge >= 0.3 is 0 Å². The van der Waals surface area contributed by atoms with Gasteiger partial charge in [-0.05, 0) is 12.1 Å². The molecule has 1 aromatic heterocycles. The molecule has 20 heavy (non-hydrogen) atoms. The van der Waals surface area contributed by atoms with E-state index in [1.54, 1.807) is 6.07 Å². The van der Waals surface area contributed by atoms with Gasteiger partial charge in [0.2, 0.25) is 10.0 Å². The molecule has 9 heteroatoms. The molecular weight excluding hydrogens is 305 g/mol. The number of benzene rings is 1. The molecule has 0 bridgehead atoms. The monoisotopic (exact) mass is 317 g/mol. The van der Waals surface area contributed by atoms with Gasteiger partial charge in [-0.2, -0.15) is 0 Å². The van der Waals surface area contributed by atoms with Crippen molar-refractivity contribution in [2.75, 3.05) is 18.0 Å². The van der Waals surface area contributed by atoms with Crippen molar-refractivity contribution in [2.24, 2.45) is 5.14 Å². The van der Waals surface area contributed by atoms with Crippen LogP contribution < -0.4 is 16.2 Å². The van der Waals surface area contributed by atoms with Crippen molar-refractivity contribution in [1.82, 2.24) is 5.32 Å². The average Bonchev–Trinajstić information content (AvgIpc) is 2.66. The largest absolute Gasteiger partial charge is 0.397 e. The van der Waals surface area contributed by atoms with Crippen LogP contribution in [0.5, 0.6) is 0 Å². The van der Waals surface area contributed by atoms with Gasteiger partial charge in [0.25, 0.3) is 5.91 Å². The number of nitrogen functional groups attached to an aromatic ring is 1. The third kappa shape index (κ3) is 3.06. The van der Waals surface area contributed by atoms with E-state index in [9.17, 15) is 17.6 Å². The minimum Gasteiger partial charge on any atom is -0.397 e. The molecule has 0 aliphatic heterocycles. The quantitative estimate of drug-likeness (QED) is 0.767. The van der Waals surface area contributed by atoms with Crippen molar-refractivity contribution in [3.8, 4) is 0 Å². The molecule has 0 fully saturated rings. The number of hydrogen-bond acceptors (Lipinski definition) is 5. The Morgan fingerprint density at radius 3 is 2.70 bits per heavy atom. The number of amides is 1. The Balaban J connectivity index is 2.23. The average molecular weight is 317 g/mol. The topological polar surface area (TPSA) is 115 Å². The van der Waals surface area contributed by atoms with Crippen LogP contribution in [-0.2, 0) is 10.0 Å². The summed E-state index contributed by atoms with van der Waals surface area (Å²) in [4.78, 5) is 12.0. The first-order valence-corrected chi connectivity index (χ1v) is 8.08. The number of hydrogen-bond donors (Lipinski definition) is 3. The summed E-state index contributed by atoms with van der Waals surface area (Å²) in [6.45, 7) is -0.131. The molecular formula is C11H12FN3O3S2. The molecule has 1 aromatic carbocycles. The van der Waals surface area contributed by atoms with E-state index in [0.717, 1.165) is 11.3 Å². The fraction of sp³-hybridized carbons (Fsp3) is 0.182. The van der Waals surface area contributed by atoms with Crippen molar-refractivity contribution < 1.29 is 17.6 Å². The summed E-state index contributed by atoms with van der Waals surface area (Å²) in [7, 11) is -3.65. The normalized spacial score (nSPS) is 11.7. The lowest BCUT2D eigenvalue weighted by Gasteiger charge is -2.03. The van der Waals surface area contributed by atoms with Crippen molar-refractivity contribution in [1.29, 1.82) is 0 Å². The number of halogens is 1. The van der Waals surface area contributed by atoms with E-state index in [2.05, 4.69) is 5.32 Å². The number of anilines is 1. The fourth-order valence-electron chi connectivity index (χ4n) is 1.69. The smallest absolute Gasteiger partial charge is 0.263 e. The molecule has 0 aliphatic rings. The summed E-state index contributed by atoms with van der Waals surface area (Å²) in [6.07, 6.45) is 0. The van der Waals surface area contributed by atoms with E-state index in [1.807, 2.05) is 0 Å². The third-order valence-corrected chi connectivity index (χ3v) is 4.52. The van der Waals surface area contributed by atoms with Gasteiger partial charge < -0.3 is 11.1 Å². The summed E-state index contributed by atoms with van der Waals surface area (Å²) in [5.41, 5.74) is 5.82. The molecule has 1 heterocycles. The Kier molecular flexibility index (Phi) is 3.93. The lowest BCUT2D eigenvalue weighted by molar-refractivity contribution is 0.0961. The molecule has 1 amide bonds. The number of nitrogens with two attached hydrogens (primary N) is 2. The predicted molar refractivity (Wildman–Crippen MR) is 76.5 cm³/mol. The maximum Gasteiger partial charge on any atom is 0.263 e. The third-order valence-electron chi connectivity index (χ3n) is 2.58. The Morgan fingerprint density at radius 2 is 2.10 bits per heavy atom. The predicted octanol–water partition coefficient (Wildman–Crippen LogP) is 0.641. The van der Waals surface area contributed by atoms with Crippen LogP contribution in [0.25, 0.3) is 10.1 Å². The Hall–Kier alpha value is -1.71. The minimum absolute atomic E-state index is 0.0520. The van der Waals surface area contributed by atoms with Gasteiger partial charge in [-0.15, -0.1) is 11.3 Å². The van der Waals surface area contributed by atoms with Crippen LogP contribution in [0, 0.1) is 5.82 Å². The maximum atomic E-state index is 13.6. The van der Waals surface area contributed by atoms with E-state index in [0.29, 0.717) is 4.70 Å². The molecule has 2 rings (SSSR count). The molecule has 0 aliphatic carbocycles. The molecule has 0 atom stereocenters. The standard InChI is InChI=1S/C11H12FN3O3S2/c12-6-2-1-3-7-8(6)9(13)10(19-7)11(16)15-4-5-20(14,17)18/h1-3H,4-5,13H2,(H,15,16)(H2,14,17,18). The number of carbonyl (C=O) groups is 1. The molecule has 0 spiro atoms. The Labute approximate surface area is 118 Å². The summed E-state index contributed by atoms with van der Waals surface area (Å²) in [5, 5.41) is 7.41. The number of primary sulfonamides is 1. The maximum absolute atomic E-state index is 13.6. The molecule has 0 unspecified atom stereocenters. The molecule has 5 N–H and O–H groups in total. The van der Waals surface area contributed by atoms with Crippen LogP contribution in [0.3, 0.4) is 0 Å². The molecule has 108 valence electrons. The van der Waals surface area contributed by atoms with Crippen LogP contribution >= 0.6 is 11.3 Å². The van der Waals surface area contributed by atoms with Crippen LogP contribution in [0.2, 0.25) is 0 Å². The van der Waals surface area contributed by atoms with E-state index < -0.39 is 21.7 Å². The van der Waals surface area contributed by atoms with Crippen molar-refractivity contribution in [3.63, 3.8) is 0 Å². The van der Waals surface area contributed by atoms with Gasteiger partial charge in [-0.25, -0.2) is 17.9 Å². The number of nitrogens with one attached hydrogen (secondary N) is 1. The SMILES string of the molecule is Nc1c(C(=O)NCCS(N)(=O)=O)sc2cccc(F)c12. The number of carbonyl (C=O) groups excluding carboxylic acids is 1. The highest BCUT2D eigenvalue weighted by atomic mass is 32.2. The second-order valence-corrected chi connectivity index (χ2v) is 6.87. The highest BCUT2D eigenvalue weighted by molar-refractivity contribution is 7.89. The zero-order valence-electron chi connectivity index (χ0n) is 10.2. The zero-order valence-corrected chi connectivity index (χ0v) is 11.9. The van der Waals surface area contributed by atoms with Crippen LogP contribution in [0.4, 0.5) is 10.1 Å². The number of sulfonamides is 1. The van der Waals surface area contributed by atoms with E-state index in [-0.39, 0.29) is 28.2 Å². The van der Waals surface area contributed by atoms with E-state index in [1.165, 1.54) is 12.1 Å². The van der Waals surface area contributed by atoms with Crippen molar-refractivity contribution in [2.45, 2.75) is 0 Å².